The van der Waals surface area contributed by atoms with Gasteiger partial charge in [0.05, 0.1) is 0 Å². The molecule has 0 aromatic heterocycles. The first-order chi connectivity index (χ1) is 9.54. The molecule has 1 N–H and O–H groups in total. The monoisotopic (exact) mass is 297 g/mol. The number of benzene rings is 2. The summed E-state index contributed by atoms with van der Waals surface area (Å²) in [6, 6.07) is 14.0. The van der Waals surface area contributed by atoms with Crippen molar-refractivity contribution in [3.05, 3.63) is 59.1 Å². The van der Waals surface area contributed by atoms with E-state index < -0.39 is 6.61 Å². The fourth-order valence-electron chi connectivity index (χ4n) is 1.85. The largest absolute Gasteiger partial charge is 0.435 e. The summed E-state index contributed by atoms with van der Waals surface area (Å²) in [5, 5.41) is 3.94. The molecule has 0 spiro atoms. The Balaban J connectivity index is 2.03. The molecular weight excluding hydrogens is 284 g/mol. The number of ether oxygens (including phenoxy) is 1. The van der Waals surface area contributed by atoms with Crippen LogP contribution in [0.3, 0.4) is 0 Å². The molecule has 5 heteroatoms. The molecule has 2 aromatic carbocycles. The maximum absolute atomic E-state index is 12.1. The van der Waals surface area contributed by atoms with Crippen molar-refractivity contribution in [2.45, 2.75) is 19.6 Å². The predicted molar refractivity (Wildman–Crippen MR) is 76.6 cm³/mol. The van der Waals surface area contributed by atoms with E-state index >= 15 is 0 Å². The summed E-state index contributed by atoms with van der Waals surface area (Å²) in [5.41, 5.74) is 1.87. The molecule has 0 aliphatic heterocycles. The van der Waals surface area contributed by atoms with Crippen LogP contribution >= 0.6 is 11.6 Å². The molecule has 0 heterocycles. The normalized spacial score (nSPS) is 12.2. The van der Waals surface area contributed by atoms with Crippen molar-refractivity contribution in [2.24, 2.45) is 0 Å². The SMILES string of the molecule is CC(Nc1cccc(Cl)c1)c1ccc(OC(F)F)cc1. The second-order valence-corrected chi connectivity index (χ2v) is 4.76. The second-order valence-electron chi connectivity index (χ2n) is 4.32. The van der Waals surface area contributed by atoms with E-state index in [1.165, 1.54) is 12.1 Å². The fourth-order valence-corrected chi connectivity index (χ4v) is 2.04. The van der Waals surface area contributed by atoms with Gasteiger partial charge in [-0.3, -0.25) is 0 Å². The van der Waals surface area contributed by atoms with Crippen LogP contribution < -0.4 is 10.1 Å². The van der Waals surface area contributed by atoms with E-state index in [9.17, 15) is 8.78 Å². The van der Waals surface area contributed by atoms with Crippen LogP contribution in [0, 0.1) is 0 Å². The Bertz CT molecular complexity index is 560. The van der Waals surface area contributed by atoms with Gasteiger partial charge in [0.15, 0.2) is 0 Å². The Morgan fingerprint density at radius 1 is 1.10 bits per heavy atom. The van der Waals surface area contributed by atoms with Crippen molar-refractivity contribution in [3.63, 3.8) is 0 Å². The van der Waals surface area contributed by atoms with Crippen molar-refractivity contribution in [1.29, 1.82) is 0 Å². The summed E-state index contributed by atoms with van der Waals surface area (Å²) in [4.78, 5) is 0. The molecule has 2 nitrogen and oxygen atoms in total. The highest BCUT2D eigenvalue weighted by Crippen LogP contribution is 2.23. The van der Waals surface area contributed by atoms with Crippen LogP contribution in [0.4, 0.5) is 14.5 Å². The average Bonchev–Trinajstić information content (AvgIpc) is 2.38. The fraction of sp³-hybridized carbons (Fsp3) is 0.200. The minimum absolute atomic E-state index is 0.0223. The number of alkyl halides is 2. The molecule has 0 saturated carbocycles. The molecule has 0 fully saturated rings. The molecule has 0 bridgehead atoms. The van der Waals surface area contributed by atoms with Gasteiger partial charge >= 0.3 is 6.61 Å². The first-order valence-corrected chi connectivity index (χ1v) is 6.49. The highest BCUT2D eigenvalue weighted by atomic mass is 35.5. The Labute approximate surface area is 121 Å². The molecule has 0 saturated heterocycles. The van der Waals surface area contributed by atoms with Crippen molar-refractivity contribution in [1.82, 2.24) is 0 Å². The zero-order valence-corrected chi connectivity index (χ0v) is 11.6. The number of nitrogens with one attached hydrogen (secondary N) is 1. The Hall–Kier alpha value is -1.81. The van der Waals surface area contributed by atoms with E-state index in [4.69, 9.17) is 11.6 Å². The van der Waals surface area contributed by atoms with E-state index in [0.29, 0.717) is 5.02 Å². The van der Waals surface area contributed by atoms with Gasteiger partial charge in [-0.25, -0.2) is 0 Å². The van der Waals surface area contributed by atoms with Gasteiger partial charge in [-0.15, -0.1) is 0 Å². The Morgan fingerprint density at radius 2 is 1.80 bits per heavy atom. The number of rotatable bonds is 5. The molecule has 2 rings (SSSR count). The summed E-state index contributed by atoms with van der Waals surface area (Å²) in [7, 11) is 0. The van der Waals surface area contributed by atoms with Crippen LogP contribution in [0.1, 0.15) is 18.5 Å². The molecule has 2 aromatic rings. The Kier molecular flexibility index (Phi) is 4.79. The zero-order chi connectivity index (χ0) is 14.5. The summed E-state index contributed by atoms with van der Waals surface area (Å²) in [6.07, 6.45) is 0. The molecular formula is C15H14ClF2NO. The van der Waals surface area contributed by atoms with Gasteiger partial charge in [0.2, 0.25) is 0 Å². The second kappa shape index (κ2) is 6.57. The lowest BCUT2D eigenvalue weighted by Crippen LogP contribution is -2.07. The number of anilines is 1. The number of hydrogen-bond donors (Lipinski definition) is 1. The molecule has 0 aliphatic rings. The molecule has 106 valence electrons. The Morgan fingerprint density at radius 3 is 2.40 bits per heavy atom. The van der Waals surface area contributed by atoms with E-state index in [1.807, 2.05) is 25.1 Å². The first kappa shape index (κ1) is 14.6. The summed E-state index contributed by atoms with van der Waals surface area (Å²) in [5.74, 6) is 0.152. The lowest BCUT2D eigenvalue weighted by atomic mass is 10.1. The topological polar surface area (TPSA) is 21.3 Å². The van der Waals surface area contributed by atoms with Gasteiger partial charge < -0.3 is 10.1 Å². The van der Waals surface area contributed by atoms with E-state index in [-0.39, 0.29) is 11.8 Å². The van der Waals surface area contributed by atoms with Gasteiger partial charge in [0.25, 0.3) is 0 Å². The summed E-state index contributed by atoms with van der Waals surface area (Å²) >= 11 is 5.92. The first-order valence-electron chi connectivity index (χ1n) is 6.11. The summed E-state index contributed by atoms with van der Waals surface area (Å²) in [6.45, 7) is -0.827. The standard InChI is InChI=1S/C15H14ClF2NO/c1-10(19-13-4-2-3-12(16)9-13)11-5-7-14(8-6-11)20-15(17)18/h2-10,15,19H,1H3. The predicted octanol–water partition coefficient (Wildman–Crippen LogP) is 5.11. The number of halogens is 3. The lowest BCUT2D eigenvalue weighted by molar-refractivity contribution is -0.0498. The molecule has 0 amide bonds. The molecule has 0 aliphatic carbocycles. The zero-order valence-electron chi connectivity index (χ0n) is 10.8. The van der Waals surface area contributed by atoms with Crippen molar-refractivity contribution < 1.29 is 13.5 Å². The van der Waals surface area contributed by atoms with E-state index in [0.717, 1.165) is 11.3 Å². The van der Waals surface area contributed by atoms with Crippen LogP contribution in [0.2, 0.25) is 5.02 Å². The third-order valence-electron chi connectivity index (χ3n) is 2.81. The maximum atomic E-state index is 12.1. The van der Waals surface area contributed by atoms with Crippen LogP contribution in [-0.2, 0) is 0 Å². The van der Waals surface area contributed by atoms with Crippen molar-refractivity contribution >= 4 is 17.3 Å². The molecule has 20 heavy (non-hydrogen) atoms. The van der Waals surface area contributed by atoms with Crippen LogP contribution in [0.5, 0.6) is 5.75 Å². The maximum Gasteiger partial charge on any atom is 0.387 e. The highest BCUT2D eigenvalue weighted by Gasteiger charge is 2.08. The number of hydrogen-bond acceptors (Lipinski definition) is 2. The van der Waals surface area contributed by atoms with Crippen molar-refractivity contribution in [3.8, 4) is 5.75 Å². The highest BCUT2D eigenvalue weighted by molar-refractivity contribution is 6.30. The van der Waals surface area contributed by atoms with Gasteiger partial charge in [-0.1, -0.05) is 29.8 Å². The molecule has 0 radical (unpaired) electrons. The van der Waals surface area contributed by atoms with Gasteiger partial charge in [-0.2, -0.15) is 8.78 Å². The smallest absolute Gasteiger partial charge is 0.387 e. The van der Waals surface area contributed by atoms with Crippen LogP contribution in [0.25, 0.3) is 0 Å². The van der Waals surface area contributed by atoms with Crippen molar-refractivity contribution in [2.75, 3.05) is 5.32 Å². The molecule has 1 atom stereocenters. The third kappa shape index (κ3) is 4.10. The average molecular weight is 298 g/mol. The van der Waals surface area contributed by atoms with E-state index in [1.54, 1.807) is 18.2 Å². The molecule has 1 unspecified atom stereocenters. The van der Waals surface area contributed by atoms with Crippen LogP contribution in [-0.4, -0.2) is 6.61 Å². The third-order valence-corrected chi connectivity index (χ3v) is 3.05. The van der Waals surface area contributed by atoms with Gasteiger partial charge in [0.1, 0.15) is 5.75 Å². The quantitative estimate of drug-likeness (QED) is 0.827. The van der Waals surface area contributed by atoms with Crippen LogP contribution in [0.15, 0.2) is 48.5 Å². The van der Waals surface area contributed by atoms with Gasteiger partial charge in [0, 0.05) is 16.8 Å². The summed E-state index contributed by atoms with van der Waals surface area (Å²) < 4.78 is 28.4. The minimum Gasteiger partial charge on any atom is -0.435 e. The van der Waals surface area contributed by atoms with E-state index in [2.05, 4.69) is 10.1 Å². The minimum atomic E-state index is -2.80. The van der Waals surface area contributed by atoms with Gasteiger partial charge in [-0.05, 0) is 42.8 Å². The lowest BCUT2D eigenvalue weighted by Gasteiger charge is -2.16.